The first-order valence-electron chi connectivity index (χ1n) is 11.6. The maximum atomic E-state index is 5.83. The molecule has 3 atom stereocenters. The Morgan fingerprint density at radius 3 is 2.37 bits per heavy atom. The average Bonchev–Trinajstić information content (AvgIpc) is 2.80. The Morgan fingerprint density at radius 2 is 1.63 bits per heavy atom. The topological polar surface area (TPSA) is 27.7 Å². The lowest BCUT2D eigenvalue weighted by Crippen LogP contribution is -2.48. The lowest BCUT2D eigenvalue weighted by atomic mass is 9.96. The van der Waals surface area contributed by atoms with E-state index in [1.54, 1.807) is 0 Å². The minimum absolute atomic E-state index is 0.349. The van der Waals surface area contributed by atoms with E-state index in [-0.39, 0.29) is 0 Å². The molecule has 1 N–H and O–H groups in total. The highest BCUT2D eigenvalue weighted by Gasteiger charge is 2.29. The molecular weight excluding hydrogens is 370 g/mol. The van der Waals surface area contributed by atoms with Gasteiger partial charge in [-0.3, -0.25) is 9.80 Å². The van der Waals surface area contributed by atoms with E-state index in [0.29, 0.717) is 24.2 Å². The summed E-state index contributed by atoms with van der Waals surface area (Å²) in [6, 6.07) is 22.1. The summed E-state index contributed by atoms with van der Waals surface area (Å²) in [7, 11) is 0. The molecule has 0 spiro atoms. The molecule has 4 heteroatoms. The summed E-state index contributed by atoms with van der Waals surface area (Å²) in [5, 5.41) is 3.57. The van der Waals surface area contributed by atoms with Crippen LogP contribution in [0.25, 0.3) is 0 Å². The van der Waals surface area contributed by atoms with Crippen LogP contribution < -0.4 is 5.32 Å². The van der Waals surface area contributed by atoms with Crippen LogP contribution in [0.4, 0.5) is 0 Å². The molecule has 0 aliphatic carbocycles. The lowest BCUT2D eigenvalue weighted by Gasteiger charge is -2.40. The first-order valence-corrected chi connectivity index (χ1v) is 11.6. The maximum absolute atomic E-state index is 5.83. The summed E-state index contributed by atoms with van der Waals surface area (Å²) in [6.07, 6.45) is 1.07. The summed E-state index contributed by atoms with van der Waals surface area (Å²) in [4.78, 5) is 5.24. The molecule has 0 aromatic heterocycles. The van der Waals surface area contributed by atoms with E-state index in [4.69, 9.17) is 4.74 Å². The van der Waals surface area contributed by atoms with Crippen LogP contribution >= 0.6 is 0 Å². The van der Waals surface area contributed by atoms with Crippen molar-refractivity contribution in [1.29, 1.82) is 0 Å². The predicted molar refractivity (Wildman–Crippen MR) is 124 cm³/mol. The molecule has 30 heavy (non-hydrogen) atoms. The highest BCUT2D eigenvalue weighted by atomic mass is 16.5. The second kappa shape index (κ2) is 10.1. The Labute approximate surface area is 182 Å². The standard InChI is InChI=1S/C26H37N3O/c1-20(2)28-14-13-27-18-25(28)24-11-9-22(10-12-24)17-21(3)29-15-16-30-19-26(29)23-7-5-4-6-8-23/h4-12,20-21,25-27H,13-19H2,1-3H3/t21?,25-,26-/m1/s1. The molecule has 4 rings (SSSR count). The maximum Gasteiger partial charge on any atom is 0.0664 e. The van der Waals surface area contributed by atoms with E-state index in [2.05, 4.69) is 90.5 Å². The minimum atomic E-state index is 0.349. The Kier molecular flexibility index (Phi) is 7.21. The van der Waals surface area contributed by atoms with Gasteiger partial charge in [0.1, 0.15) is 0 Å². The first-order chi connectivity index (χ1) is 14.6. The van der Waals surface area contributed by atoms with Gasteiger partial charge in [0, 0.05) is 44.3 Å². The van der Waals surface area contributed by atoms with E-state index in [1.807, 2.05) is 0 Å². The van der Waals surface area contributed by atoms with E-state index in [1.165, 1.54) is 16.7 Å². The number of hydrogen-bond acceptors (Lipinski definition) is 4. The molecule has 2 aromatic rings. The van der Waals surface area contributed by atoms with Gasteiger partial charge < -0.3 is 10.1 Å². The van der Waals surface area contributed by atoms with Crippen LogP contribution in [0.15, 0.2) is 54.6 Å². The van der Waals surface area contributed by atoms with Crippen molar-refractivity contribution in [2.45, 2.75) is 51.4 Å². The molecule has 0 radical (unpaired) electrons. The van der Waals surface area contributed by atoms with Gasteiger partial charge in [0.15, 0.2) is 0 Å². The molecule has 2 aliphatic rings. The number of rotatable bonds is 6. The number of hydrogen-bond donors (Lipinski definition) is 1. The highest BCUT2D eigenvalue weighted by Crippen LogP contribution is 2.28. The molecule has 1 unspecified atom stereocenters. The monoisotopic (exact) mass is 407 g/mol. The fraction of sp³-hybridized carbons (Fsp3) is 0.538. The number of nitrogens with one attached hydrogen (secondary N) is 1. The smallest absolute Gasteiger partial charge is 0.0664 e. The summed E-state index contributed by atoms with van der Waals surface area (Å²) in [5.74, 6) is 0. The van der Waals surface area contributed by atoms with Crippen molar-refractivity contribution < 1.29 is 4.74 Å². The zero-order valence-electron chi connectivity index (χ0n) is 18.8. The van der Waals surface area contributed by atoms with Crippen molar-refractivity contribution in [2.75, 3.05) is 39.4 Å². The van der Waals surface area contributed by atoms with Crippen molar-refractivity contribution in [1.82, 2.24) is 15.1 Å². The van der Waals surface area contributed by atoms with Gasteiger partial charge in [-0.1, -0.05) is 54.6 Å². The van der Waals surface area contributed by atoms with Gasteiger partial charge in [-0.15, -0.1) is 0 Å². The molecule has 0 bridgehead atoms. The minimum Gasteiger partial charge on any atom is -0.378 e. The summed E-state index contributed by atoms with van der Waals surface area (Å²) < 4.78 is 5.83. The molecule has 2 saturated heterocycles. The predicted octanol–water partition coefficient (Wildman–Crippen LogP) is 4.05. The molecule has 2 fully saturated rings. The second-order valence-corrected chi connectivity index (χ2v) is 9.09. The largest absolute Gasteiger partial charge is 0.378 e. The van der Waals surface area contributed by atoms with E-state index < -0.39 is 0 Å². The van der Waals surface area contributed by atoms with Crippen LogP contribution in [0.3, 0.4) is 0 Å². The van der Waals surface area contributed by atoms with Crippen LogP contribution in [0, 0.1) is 0 Å². The van der Waals surface area contributed by atoms with Crippen molar-refractivity contribution in [3.05, 3.63) is 71.3 Å². The van der Waals surface area contributed by atoms with Crippen LogP contribution in [0.1, 0.15) is 49.5 Å². The first kappa shape index (κ1) is 21.5. The lowest BCUT2D eigenvalue weighted by molar-refractivity contribution is -0.0266. The van der Waals surface area contributed by atoms with Crippen molar-refractivity contribution in [3.8, 4) is 0 Å². The Balaban J connectivity index is 1.43. The van der Waals surface area contributed by atoms with E-state index in [0.717, 1.165) is 45.8 Å². The number of nitrogens with zero attached hydrogens (tertiary/aromatic N) is 2. The Morgan fingerprint density at radius 1 is 0.900 bits per heavy atom. The molecule has 2 aliphatic heterocycles. The van der Waals surface area contributed by atoms with E-state index >= 15 is 0 Å². The zero-order valence-corrected chi connectivity index (χ0v) is 18.8. The van der Waals surface area contributed by atoms with Crippen molar-refractivity contribution >= 4 is 0 Å². The molecule has 0 saturated carbocycles. The SMILES string of the molecule is CC(C)N1CCNC[C@@H]1c1ccc(CC(C)N2CCOC[C@@H]2c2ccccc2)cc1. The van der Waals surface area contributed by atoms with Gasteiger partial charge in [0.25, 0.3) is 0 Å². The van der Waals surface area contributed by atoms with Crippen LogP contribution in [-0.4, -0.2) is 61.3 Å². The van der Waals surface area contributed by atoms with Gasteiger partial charge in [-0.05, 0) is 43.9 Å². The third-order valence-electron chi connectivity index (χ3n) is 6.76. The van der Waals surface area contributed by atoms with Crippen LogP contribution in [0.5, 0.6) is 0 Å². The highest BCUT2D eigenvalue weighted by molar-refractivity contribution is 5.27. The molecule has 4 nitrogen and oxygen atoms in total. The molecule has 2 aromatic carbocycles. The number of benzene rings is 2. The number of ether oxygens (including phenoxy) is 1. The van der Waals surface area contributed by atoms with Gasteiger partial charge in [-0.25, -0.2) is 0 Å². The van der Waals surface area contributed by atoms with E-state index in [9.17, 15) is 0 Å². The normalized spacial score (nSPS) is 24.8. The molecular formula is C26H37N3O. The van der Waals surface area contributed by atoms with Gasteiger partial charge in [0.2, 0.25) is 0 Å². The van der Waals surface area contributed by atoms with Crippen LogP contribution in [0.2, 0.25) is 0 Å². The quantitative estimate of drug-likeness (QED) is 0.782. The van der Waals surface area contributed by atoms with Crippen LogP contribution in [-0.2, 0) is 11.2 Å². The molecule has 162 valence electrons. The van der Waals surface area contributed by atoms with Crippen molar-refractivity contribution in [3.63, 3.8) is 0 Å². The summed E-state index contributed by atoms with van der Waals surface area (Å²) >= 11 is 0. The van der Waals surface area contributed by atoms with Gasteiger partial charge in [-0.2, -0.15) is 0 Å². The fourth-order valence-electron chi connectivity index (χ4n) is 5.09. The third kappa shape index (κ3) is 4.94. The fourth-order valence-corrected chi connectivity index (χ4v) is 5.09. The Hall–Kier alpha value is -1.72. The van der Waals surface area contributed by atoms with Gasteiger partial charge >= 0.3 is 0 Å². The average molecular weight is 408 g/mol. The number of morpholine rings is 1. The van der Waals surface area contributed by atoms with Crippen molar-refractivity contribution in [2.24, 2.45) is 0 Å². The number of piperazine rings is 1. The summed E-state index contributed by atoms with van der Waals surface area (Å²) in [5.41, 5.74) is 4.21. The third-order valence-corrected chi connectivity index (χ3v) is 6.76. The van der Waals surface area contributed by atoms with Gasteiger partial charge in [0.05, 0.1) is 19.3 Å². The Bertz CT molecular complexity index is 777. The molecule has 0 amide bonds. The molecule has 2 heterocycles. The zero-order chi connectivity index (χ0) is 20.9. The summed E-state index contributed by atoms with van der Waals surface area (Å²) in [6.45, 7) is 12.8. The second-order valence-electron chi connectivity index (χ2n) is 9.09.